The van der Waals surface area contributed by atoms with E-state index in [0.29, 0.717) is 11.6 Å². The Morgan fingerprint density at radius 2 is 2.00 bits per heavy atom. The molecule has 0 amide bonds. The summed E-state index contributed by atoms with van der Waals surface area (Å²) < 4.78 is 13.4. The van der Waals surface area contributed by atoms with Crippen LogP contribution in [-0.4, -0.2) is 24.1 Å². The molecular formula is C15H22FN3O. The maximum Gasteiger partial charge on any atom is 0.172 e. The van der Waals surface area contributed by atoms with Gasteiger partial charge in [-0.15, -0.1) is 0 Å². The van der Waals surface area contributed by atoms with Gasteiger partial charge in [0, 0.05) is 24.3 Å². The fourth-order valence-corrected chi connectivity index (χ4v) is 2.90. The summed E-state index contributed by atoms with van der Waals surface area (Å²) in [6.07, 6.45) is 4.64. The first kappa shape index (κ1) is 14.6. The molecule has 1 fully saturated rings. The van der Waals surface area contributed by atoms with Crippen LogP contribution in [0.15, 0.2) is 23.4 Å². The predicted molar refractivity (Wildman–Crippen MR) is 78.7 cm³/mol. The lowest BCUT2D eigenvalue weighted by molar-refractivity contribution is 0.318. The highest BCUT2D eigenvalue weighted by Crippen LogP contribution is 2.31. The van der Waals surface area contributed by atoms with Gasteiger partial charge in [0.1, 0.15) is 5.82 Å². The van der Waals surface area contributed by atoms with Crippen LogP contribution in [0.25, 0.3) is 0 Å². The van der Waals surface area contributed by atoms with E-state index in [4.69, 9.17) is 10.9 Å². The van der Waals surface area contributed by atoms with Gasteiger partial charge in [0.25, 0.3) is 0 Å². The van der Waals surface area contributed by atoms with Gasteiger partial charge in [-0.3, -0.25) is 0 Å². The van der Waals surface area contributed by atoms with Crippen molar-refractivity contribution in [1.82, 2.24) is 0 Å². The molecule has 0 bridgehead atoms. The second kappa shape index (κ2) is 6.11. The molecule has 5 heteroatoms. The topological polar surface area (TPSA) is 61.8 Å². The smallest absolute Gasteiger partial charge is 0.172 e. The van der Waals surface area contributed by atoms with Gasteiger partial charge in [0.2, 0.25) is 0 Å². The van der Waals surface area contributed by atoms with Crippen LogP contribution in [0.5, 0.6) is 0 Å². The number of benzene rings is 1. The minimum Gasteiger partial charge on any atom is -0.409 e. The minimum absolute atomic E-state index is 0.0597. The Labute approximate surface area is 119 Å². The molecule has 0 aliphatic heterocycles. The van der Waals surface area contributed by atoms with E-state index in [1.807, 2.05) is 7.05 Å². The van der Waals surface area contributed by atoms with Gasteiger partial charge in [-0.05, 0) is 49.8 Å². The minimum atomic E-state index is -0.388. The third-order valence-electron chi connectivity index (χ3n) is 4.26. The Morgan fingerprint density at radius 1 is 1.35 bits per heavy atom. The second-order valence-electron chi connectivity index (χ2n) is 5.67. The largest absolute Gasteiger partial charge is 0.409 e. The number of hydrogen-bond donors (Lipinski definition) is 2. The zero-order valence-corrected chi connectivity index (χ0v) is 12.0. The molecule has 1 saturated carbocycles. The molecule has 4 nitrogen and oxygen atoms in total. The van der Waals surface area contributed by atoms with Crippen LogP contribution in [0.3, 0.4) is 0 Å². The molecule has 1 aromatic rings. The van der Waals surface area contributed by atoms with Crippen molar-refractivity contribution in [2.75, 3.05) is 11.9 Å². The number of rotatable bonds is 3. The fraction of sp³-hybridized carbons (Fsp3) is 0.533. The van der Waals surface area contributed by atoms with Crippen molar-refractivity contribution >= 4 is 11.5 Å². The third-order valence-corrected chi connectivity index (χ3v) is 4.26. The number of nitrogens with zero attached hydrogens (tertiary/aromatic N) is 2. The van der Waals surface area contributed by atoms with Gasteiger partial charge >= 0.3 is 0 Å². The van der Waals surface area contributed by atoms with Crippen molar-refractivity contribution < 1.29 is 9.60 Å². The van der Waals surface area contributed by atoms with Crippen LogP contribution in [-0.2, 0) is 0 Å². The maximum absolute atomic E-state index is 13.4. The molecule has 0 spiro atoms. The molecule has 3 N–H and O–H groups in total. The van der Waals surface area contributed by atoms with Gasteiger partial charge in [-0.25, -0.2) is 4.39 Å². The monoisotopic (exact) mass is 279 g/mol. The maximum atomic E-state index is 13.4. The number of anilines is 1. The van der Waals surface area contributed by atoms with E-state index in [9.17, 15) is 4.39 Å². The number of amidine groups is 1. The lowest BCUT2D eigenvalue weighted by atomic mass is 9.86. The summed E-state index contributed by atoms with van der Waals surface area (Å²) >= 11 is 0. The number of halogens is 1. The van der Waals surface area contributed by atoms with Crippen molar-refractivity contribution in [2.45, 2.75) is 38.6 Å². The standard InChI is InChI=1S/C15H22FN3O/c1-10-3-6-12(7-4-10)19(2)14-8-5-11(16)9-13(14)15(17)18-20/h5,8-10,12,20H,3-4,6-7H2,1-2H3,(H2,17,18). The average molecular weight is 279 g/mol. The molecule has 2 rings (SSSR count). The van der Waals surface area contributed by atoms with E-state index in [-0.39, 0.29) is 11.7 Å². The molecule has 0 atom stereocenters. The summed E-state index contributed by atoms with van der Waals surface area (Å²) in [5.41, 5.74) is 6.91. The summed E-state index contributed by atoms with van der Waals surface area (Å²) in [6, 6.07) is 4.83. The van der Waals surface area contributed by atoms with Crippen LogP contribution in [0.2, 0.25) is 0 Å². The highest BCUT2D eigenvalue weighted by Gasteiger charge is 2.24. The fourth-order valence-electron chi connectivity index (χ4n) is 2.90. The average Bonchev–Trinajstić information content (AvgIpc) is 2.46. The van der Waals surface area contributed by atoms with Crippen molar-refractivity contribution in [3.05, 3.63) is 29.6 Å². The lowest BCUT2D eigenvalue weighted by Crippen LogP contribution is -2.36. The van der Waals surface area contributed by atoms with Crippen molar-refractivity contribution in [1.29, 1.82) is 0 Å². The summed E-state index contributed by atoms with van der Waals surface area (Å²) in [4.78, 5) is 2.12. The SMILES string of the molecule is CC1CCC(N(C)c2ccc(F)cc2C(N)=NO)CC1. The number of hydrogen-bond acceptors (Lipinski definition) is 3. The van der Waals surface area contributed by atoms with E-state index >= 15 is 0 Å². The van der Waals surface area contributed by atoms with Gasteiger partial charge < -0.3 is 15.8 Å². The first-order valence-corrected chi connectivity index (χ1v) is 7.03. The van der Waals surface area contributed by atoms with E-state index in [0.717, 1.165) is 24.4 Å². The van der Waals surface area contributed by atoms with E-state index in [1.54, 1.807) is 6.07 Å². The van der Waals surface area contributed by atoms with Crippen LogP contribution in [0, 0.1) is 11.7 Å². The van der Waals surface area contributed by atoms with Crippen LogP contribution >= 0.6 is 0 Å². The summed E-state index contributed by atoms with van der Waals surface area (Å²) in [6.45, 7) is 2.27. The molecule has 1 aliphatic rings. The lowest BCUT2D eigenvalue weighted by Gasteiger charge is -2.36. The summed E-state index contributed by atoms with van der Waals surface area (Å²) in [5, 5.41) is 11.9. The number of nitrogens with two attached hydrogens (primary N) is 1. The Bertz CT molecular complexity index is 496. The van der Waals surface area contributed by atoms with Crippen LogP contribution < -0.4 is 10.6 Å². The first-order valence-electron chi connectivity index (χ1n) is 7.03. The summed E-state index contributed by atoms with van der Waals surface area (Å²) in [5.74, 6) is 0.327. The zero-order chi connectivity index (χ0) is 14.7. The highest BCUT2D eigenvalue weighted by molar-refractivity contribution is 6.02. The Balaban J connectivity index is 2.27. The van der Waals surface area contributed by atoms with Gasteiger partial charge in [0.05, 0.1) is 0 Å². The van der Waals surface area contributed by atoms with Crippen LogP contribution in [0.1, 0.15) is 38.2 Å². The van der Waals surface area contributed by atoms with E-state index in [2.05, 4.69) is 17.0 Å². The number of oxime groups is 1. The molecular weight excluding hydrogens is 257 g/mol. The predicted octanol–water partition coefficient (Wildman–Crippen LogP) is 2.94. The van der Waals surface area contributed by atoms with Gasteiger partial charge in [-0.1, -0.05) is 12.1 Å². The highest BCUT2D eigenvalue weighted by atomic mass is 19.1. The molecule has 0 unspecified atom stereocenters. The normalized spacial score (nSPS) is 23.6. The van der Waals surface area contributed by atoms with E-state index < -0.39 is 0 Å². The Hall–Kier alpha value is -1.78. The Kier molecular flexibility index (Phi) is 4.47. The first-order chi connectivity index (χ1) is 9.52. The van der Waals surface area contributed by atoms with Crippen molar-refractivity contribution in [3.63, 3.8) is 0 Å². The Morgan fingerprint density at radius 3 is 2.60 bits per heavy atom. The third kappa shape index (κ3) is 3.03. The quantitative estimate of drug-likeness (QED) is 0.387. The molecule has 20 heavy (non-hydrogen) atoms. The molecule has 0 radical (unpaired) electrons. The van der Waals surface area contributed by atoms with Gasteiger partial charge in [0.15, 0.2) is 5.84 Å². The van der Waals surface area contributed by atoms with Crippen molar-refractivity contribution in [2.24, 2.45) is 16.8 Å². The van der Waals surface area contributed by atoms with Crippen LogP contribution in [0.4, 0.5) is 10.1 Å². The molecule has 0 heterocycles. The van der Waals surface area contributed by atoms with Crippen molar-refractivity contribution in [3.8, 4) is 0 Å². The second-order valence-corrected chi connectivity index (χ2v) is 5.67. The van der Waals surface area contributed by atoms with E-state index in [1.165, 1.54) is 25.0 Å². The molecule has 1 aliphatic carbocycles. The molecule has 0 aromatic heterocycles. The molecule has 110 valence electrons. The van der Waals surface area contributed by atoms with Gasteiger partial charge in [-0.2, -0.15) is 0 Å². The molecule has 0 saturated heterocycles. The zero-order valence-electron chi connectivity index (χ0n) is 12.0. The summed E-state index contributed by atoms with van der Waals surface area (Å²) in [7, 11) is 1.99. The molecule has 1 aromatic carbocycles.